The van der Waals surface area contributed by atoms with E-state index in [-0.39, 0.29) is 13.2 Å². The highest BCUT2D eigenvalue weighted by molar-refractivity contribution is 5.85. The predicted molar refractivity (Wildman–Crippen MR) is 129 cm³/mol. The van der Waals surface area contributed by atoms with E-state index in [0.29, 0.717) is 23.8 Å². The van der Waals surface area contributed by atoms with Crippen molar-refractivity contribution in [1.82, 2.24) is 24.8 Å². The molecule has 0 aliphatic carbocycles. The number of carbonyl (C=O) groups excluding carboxylic acids is 2. The number of carbonyl (C=O) groups is 3. The molecule has 12 nitrogen and oxygen atoms in total. The summed E-state index contributed by atoms with van der Waals surface area (Å²) in [7, 11) is 1.32. The van der Waals surface area contributed by atoms with Gasteiger partial charge in [0.1, 0.15) is 19.2 Å². The molecule has 2 amide bonds. The molecule has 2 aromatic heterocycles. The zero-order valence-corrected chi connectivity index (χ0v) is 20.4. The van der Waals surface area contributed by atoms with Crippen LogP contribution in [0.15, 0.2) is 48.5 Å². The van der Waals surface area contributed by atoms with Gasteiger partial charge in [0, 0.05) is 7.05 Å². The summed E-state index contributed by atoms with van der Waals surface area (Å²) in [4.78, 5) is 36.7. The summed E-state index contributed by atoms with van der Waals surface area (Å²) in [6, 6.07) is 14.0. The van der Waals surface area contributed by atoms with Gasteiger partial charge in [-0.15, -0.1) is 10.2 Å². The first-order chi connectivity index (χ1) is 17.1. The number of likely N-dealkylation sites (N-methyl/N-ethyl adjacent to an activating group) is 1. The van der Waals surface area contributed by atoms with Gasteiger partial charge in [-0.2, -0.15) is 0 Å². The zero-order chi connectivity index (χ0) is 26.3. The fourth-order valence-electron chi connectivity index (χ4n) is 3.28. The zero-order valence-electron chi connectivity index (χ0n) is 20.4. The normalized spacial score (nSPS) is 12.2. The second-order valence-corrected chi connectivity index (χ2v) is 8.82. The molecule has 1 atom stereocenters. The van der Waals surface area contributed by atoms with E-state index in [1.54, 1.807) is 36.4 Å². The van der Waals surface area contributed by atoms with Crippen LogP contribution in [0.3, 0.4) is 0 Å². The van der Waals surface area contributed by atoms with Crippen molar-refractivity contribution >= 4 is 23.6 Å². The van der Waals surface area contributed by atoms with Crippen molar-refractivity contribution in [1.29, 1.82) is 0 Å². The first-order valence-corrected chi connectivity index (χ1v) is 11.2. The molecule has 0 radical (unpaired) electrons. The Balaban J connectivity index is 1.85. The van der Waals surface area contributed by atoms with E-state index in [2.05, 4.69) is 15.5 Å². The summed E-state index contributed by atoms with van der Waals surface area (Å²) in [5.41, 5.74) is 6.78. The van der Waals surface area contributed by atoms with Gasteiger partial charge < -0.3 is 30.5 Å². The van der Waals surface area contributed by atoms with Crippen molar-refractivity contribution in [2.24, 2.45) is 5.73 Å². The lowest BCUT2D eigenvalue weighted by Gasteiger charge is -2.24. The van der Waals surface area contributed by atoms with Crippen LogP contribution in [0, 0.1) is 0 Å². The molecule has 0 aliphatic rings. The Morgan fingerprint density at radius 1 is 1.11 bits per heavy atom. The number of carboxylic acid groups (broad SMARTS) is 1. The number of nitrogens with two attached hydrogens (primary N) is 1. The topological polar surface area (TPSA) is 161 Å². The molecule has 0 unspecified atom stereocenters. The smallest absolute Gasteiger partial charge is 0.410 e. The van der Waals surface area contributed by atoms with Gasteiger partial charge in [-0.25, -0.2) is 4.79 Å². The molecule has 12 heteroatoms. The largest absolute Gasteiger partial charge is 0.480 e. The number of amides is 2. The van der Waals surface area contributed by atoms with Crippen molar-refractivity contribution in [2.75, 3.05) is 20.2 Å². The molecule has 192 valence electrons. The molecule has 3 rings (SSSR count). The number of aromatic nitrogens is 3. The fourth-order valence-corrected chi connectivity index (χ4v) is 3.28. The quantitative estimate of drug-likeness (QED) is 0.356. The van der Waals surface area contributed by atoms with Gasteiger partial charge in [-0.1, -0.05) is 36.4 Å². The number of aliphatic carboxylic acids is 1. The summed E-state index contributed by atoms with van der Waals surface area (Å²) in [5.74, 6) is -1.21. The second kappa shape index (κ2) is 11.6. The molecule has 2 heterocycles. The molecule has 0 fully saturated rings. The minimum Gasteiger partial charge on any atom is -0.480 e. The lowest BCUT2D eigenvalue weighted by Crippen LogP contribution is -2.51. The fraction of sp³-hybridized carbons (Fsp3) is 0.375. The van der Waals surface area contributed by atoms with Crippen LogP contribution in [0.25, 0.3) is 5.65 Å². The number of hydrogen-bond acceptors (Lipinski definition) is 8. The van der Waals surface area contributed by atoms with Crippen LogP contribution in [-0.2, 0) is 32.3 Å². The van der Waals surface area contributed by atoms with Gasteiger partial charge in [0.25, 0.3) is 0 Å². The van der Waals surface area contributed by atoms with Crippen molar-refractivity contribution in [2.45, 2.75) is 38.6 Å². The van der Waals surface area contributed by atoms with Crippen molar-refractivity contribution < 1.29 is 29.0 Å². The number of ether oxygens (including phenoxy) is 2. The van der Waals surface area contributed by atoms with Gasteiger partial charge in [-0.05, 0) is 31.5 Å². The highest BCUT2D eigenvalue weighted by atomic mass is 16.6. The minimum absolute atomic E-state index is 0.0764. The molecule has 0 bridgehead atoms. The average Bonchev–Trinajstić information content (AvgIpc) is 3.26. The molecule has 4 N–H and O–H groups in total. The maximum absolute atomic E-state index is 12.7. The standard InChI is InChI=1S/C24H30N6O6/c1-24(2,25)22(33)26-18(15-35-13-16-8-5-4-6-9-16)21-28-27-19-11-7-10-17(30(19)21)14-36-23(34)29(3)12-20(31)32/h4-11,18H,12-15,25H2,1-3H3,(H,26,33)(H,31,32)/t18-/m1/s1. The van der Waals surface area contributed by atoms with Crippen LogP contribution in [0.2, 0.25) is 0 Å². The predicted octanol–water partition coefficient (Wildman–Crippen LogP) is 1.49. The first-order valence-electron chi connectivity index (χ1n) is 11.2. The summed E-state index contributed by atoms with van der Waals surface area (Å²) in [5, 5.41) is 20.2. The van der Waals surface area contributed by atoms with Gasteiger partial charge in [0.05, 0.1) is 24.4 Å². The Kier molecular flexibility index (Phi) is 8.56. The highest BCUT2D eigenvalue weighted by Gasteiger charge is 2.28. The SMILES string of the molecule is CN(CC(=O)O)C(=O)OCc1cccc2nnc([C@@H](COCc3ccccc3)NC(=O)C(C)(C)N)n12. The second-order valence-electron chi connectivity index (χ2n) is 8.82. The third-order valence-electron chi connectivity index (χ3n) is 5.16. The number of benzene rings is 1. The van der Waals surface area contributed by atoms with Gasteiger partial charge in [0.15, 0.2) is 11.5 Å². The number of hydrogen-bond donors (Lipinski definition) is 3. The maximum Gasteiger partial charge on any atom is 0.410 e. The number of carboxylic acids is 1. The molecule has 3 aromatic rings. The molecule has 0 saturated heterocycles. The van der Waals surface area contributed by atoms with Gasteiger partial charge in [0.2, 0.25) is 5.91 Å². The Morgan fingerprint density at radius 2 is 1.83 bits per heavy atom. The monoisotopic (exact) mass is 498 g/mol. The molecule has 0 saturated carbocycles. The van der Waals surface area contributed by atoms with Crippen LogP contribution in [0.1, 0.15) is 37.0 Å². The Labute approximate surface area is 208 Å². The van der Waals surface area contributed by atoms with Crippen LogP contribution >= 0.6 is 0 Å². The van der Waals surface area contributed by atoms with E-state index in [1.807, 2.05) is 30.3 Å². The number of rotatable bonds is 11. The molecule has 0 aliphatic heterocycles. The molecule has 0 spiro atoms. The third kappa shape index (κ3) is 6.99. The van der Waals surface area contributed by atoms with Crippen molar-refractivity contribution in [3.05, 3.63) is 65.6 Å². The Morgan fingerprint density at radius 3 is 2.50 bits per heavy atom. The number of nitrogens with one attached hydrogen (secondary N) is 1. The Bertz CT molecular complexity index is 1210. The van der Waals surface area contributed by atoms with E-state index < -0.39 is 36.1 Å². The average molecular weight is 499 g/mol. The van der Waals surface area contributed by atoms with E-state index in [1.165, 1.54) is 7.05 Å². The lowest BCUT2D eigenvalue weighted by molar-refractivity contribution is -0.137. The highest BCUT2D eigenvalue weighted by Crippen LogP contribution is 2.18. The van der Waals surface area contributed by atoms with E-state index in [0.717, 1.165) is 10.5 Å². The number of pyridine rings is 1. The summed E-state index contributed by atoms with van der Waals surface area (Å²) >= 11 is 0. The minimum atomic E-state index is -1.16. The molecule has 1 aromatic carbocycles. The summed E-state index contributed by atoms with van der Waals surface area (Å²) < 4.78 is 12.8. The van der Waals surface area contributed by atoms with Gasteiger partial charge in [-0.3, -0.25) is 14.0 Å². The molecular formula is C24H30N6O6. The lowest BCUT2D eigenvalue weighted by atomic mass is 10.1. The third-order valence-corrected chi connectivity index (χ3v) is 5.16. The summed E-state index contributed by atoms with van der Waals surface area (Å²) in [6.07, 6.45) is -0.801. The van der Waals surface area contributed by atoms with E-state index in [4.69, 9.17) is 20.3 Å². The number of nitrogens with zero attached hydrogens (tertiary/aromatic N) is 4. The van der Waals surface area contributed by atoms with Gasteiger partial charge >= 0.3 is 12.1 Å². The number of fused-ring (bicyclic) bond motifs is 1. The molecular weight excluding hydrogens is 468 g/mol. The van der Waals surface area contributed by atoms with Crippen LogP contribution in [0.5, 0.6) is 0 Å². The van der Waals surface area contributed by atoms with Crippen LogP contribution in [-0.4, -0.2) is 68.3 Å². The Hall–Kier alpha value is -4.03. The summed E-state index contributed by atoms with van der Waals surface area (Å²) in [6.45, 7) is 2.89. The van der Waals surface area contributed by atoms with E-state index in [9.17, 15) is 14.4 Å². The maximum atomic E-state index is 12.7. The van der Waals surface area contributed by atoms with Crippen LogP contribution < -0.4 is 11.1 Å². The first kappa shape index (κ1) is 26.6. The van der Waals surface area contributed by atoms with E-state index >= 15 is 0 Å². The van der Waals surface area contributed by atoms with Crippen molar-refractivity contribution in [3.63, 3.8) is 0 Å². The molecule has 36 heavy (non-hydrogen) atoms. The van der Waals surface area contributed by atoms with Crippen molar-refractivity contribution in [3.8, 4) is 0 Å². The van der Waals surface area contributed by atoms with Crippen LogP contribution in [0.4, 0.5) is 4.79 Å².